The van der Waals surface area contributed by atoms with Crippen molar-refractivity contribution < 1.29 is 9.53 Å². The standard InChI is InChI=1S/C9H12BrNO2S.ClH/c1-2-13-9(12)7(11)3-6-4-8(10)14-5-6;/h4-5,7H,2-3,11H2,1H3;1H. The van der Waals surface area contributed by atoms with Gasteiger partial charge in [-0.15, -0.1) is 23.7 Å². The predicted octanol–water partition coefficient (Wildman–Crippen LogP) is 2.37. The third-order valence-corrected chi connectivity index (χ3v) is 3.22. The first-order valence-corrected chi connectivity index (χ1v) is 5.96. The summed E-state index contributed by atoms with van der Waals surface area (Å²) in [7, 11) is 0. The Balaban J connectivity index is 0.00000196. The molecule has 0 radical (unpaired) electrons. The van der Waals surface area contributed by atoms with Gasteiger partial charge in [0.05, 0.1) is 10.4 Å². The maximum absolute atomic E-state index is 11.2. The molecule has 1 heterocycles. The van der Waals surface area contributed by atoms with Crippen molar-refractivity contribution in [1.82, 2.24) is 0 Å². The number of thiophene rings is 1. The van der Waals surface area contributed by atoms with Crippen molar-refractivity contribution >= 4 is 45.6 Å². The monoisotopic (exact) mass is 313 g/mol. The van der Waals surface area contributed by atoms with Crippen LogP contribution >= 0.6 is 39.7 Å². The molecule has 1 aromatic heterocycles. The van der Waals surface area contributed by atoms with E-state index < -0.39 is 6.04 Å². The third-order valence-electron chi connectivity index (χ3n) is 1.67. The van der Waals surface area contributed by atoms with Crippen LogP contribution in [-0.2, 0) is 16.0 Å². The number of halogens is 2. The molecule has 86 valence electrons. The molecule has 1 unspecified atom stereocenters. The van der Waals surface area contributed by atoms with Crippen LogP contribution in [-0.4, -0.2) is 18.6 Å². The van der Waals surface area contributed by atoms with E-state index >= 15 is 0 Å². The predicted molar refractivity (Wildman–Crippen MR) is 67.6 cm³/mol. The fraction of sp³-hybridized carbons (Fsp3) is 0.444. The molecule has 2 N–H and O–H groups in total. The van der Waals surface area contributed by atoms with Crippen LogP contribution in [0.4, 0.5) is 0 Å². The molecule has 0 amide bonds. The topological polar surface area (TPSA) is 52.3 Å². The minimum Gasteiger partial charge on any atom is -0.465 e. The Kier molecular flexibility index (Phi) is 7.17. The van der Waals surface area contributed by atoms with Gasteiger partial charge in [-0.25, -0.2) is 0 Å². The zero-order valence-corrected chi connectivity index (χ0v) is 11.5. The molecule has 3 nitrogen and oxygen atoms in total. The van der Waals surface area contributed by atoms with E-state index in [4.69, 9.17) is 10.5 Å². The number of hydrogen-bond acceptors (Lipinski definition) is 4. The number of ether oxygens (including phenoxy) is 1. The molecule has 15 heavy (non-hydrogen) atoms. The summed E-state index contributed by atoms with van der Waals surface area (Å²) in [5.41, 5.74) is 6.72. The van der Waals surface area contributed by atoms with Crippen molar-refractivity contribution in [2.75, 3.05) is 6.61 Å². The van der Waals surface area contributed by atoms with E-state index in [2.05, 4.69) is 15.9 Å². The fourth-order valence-electron chi connectivity index (χ4n) is 1.04. The molecule has 0 saturated carbocycles. The number of carbonyl (C=O) groups is 1. The van der Waals surface area contributed by atoms with E-state index in [-0.39, 0.29) is 18.4 Å². The van der Waals surface area contributed by atoms with Gasteiger partial charge in [0.15, 0.2) is 0 Å². The second kappa shape index (κ2) is 7.22. The maximum Gasteiger partial charge on any atom is 0.323 e. The van der Waals surface area contributed by atoms with Gasteiger partial charge >= 0.3 is 5.97 Å². The van der Waals surface area contributed by atoms with Gasteiger partial charge < -0.3 is 10.5 Å². The highest BCUT2D eigenvalue weighted by atomic mass is 79.9. The zero-order chi connectivity index (χ0) is 10.6. The van der Waals surface area contributed by atoms with Crippen LogP contribution in [0.15, 0.2) is 15.2 Å². The van der Waals surface area contributed by atoms with Crippen LogP contribution in [0.2, 0.25) is 0 Å². The average Bonchev–Trinajstić information content (AvgIpc) is 2.51. The third kappa shape index (κ3) is 4.97. The number of nitrogens with two attached hydrogens (primary N) is 1. The van der Waals surface area contributed by atoms with Crippen LogP contribution in [0.1, 0.15) is 12.5 Å². The Morgan fingerprint density at radius 1 is 1.73 bits per heavy atom. The van der Waals surface area contributed by atoms with E-state index in [0.717, 1.165) is 9.35 Å². The number of hydrogen-bond donors (Lipinski definition) is 1. The first-order valence-electron chi connectivity index (χ1n) is 4.28. The summed E-state index contributed by atoms with van der Waals surface area (Å²) in [5.74, 6) is -0.338. The quantitative estimate of drug-likeness (QED) is 0.868. The Morgan fingerprint density at radius 2 is 2.40 bits per heavy atom. The molecular formula is C9H13BrClNO2S. The molecule has 0 spiro atoms. The number of rotatable bonds is 4. The summed E-state index contributed by atoms with van der Waals surface area (Å²) in [6.07, 6.45) is 0.529. The normalized spacial score (nSPS) is 11.7. The minimum atomic E-state index is -0.559. The second-order valence-corrected chi connectivity index (χ2v) is 5.11. The lowest BCUT2D eigenvalue weighted by Gasteiger charge is -2.08. The van der Waals surface area contributed by atoms with E-state index in [0.29, 0.717) is 13.0 Å². The maximum atomic E-state index is 11.2. The molecule has 1 rings (SSSR count). The number of carbonyl (C=O) groups excluding carboxylic acids is 1. The molecule has 0 fully saturated rings. The van der Waals surface area contributed by atoms with Crippen LogP contribution < -0.4 is 5.73 Å². The molecule has 0 aliphatic carbocycles. The van der Waals surface area contributed by atoms with Crippen LogP contribution in [0, 0.1) is 0 Å². The smallest absolute Gasteiger partial charge is 0.323 e. The zero-order valence-electron chi connectivity index (χ0n) is 8.23. The lowest BCUT2D eigenvalue weighted by molar-refractivity contribution is -0.144. The average molecular weight is 315 g/mol. The molecule has 0 aliphatic rings. The minimum absolute atomic E-state index is 0. The van der Waals surface area contributed by atoms with Crippen LogP contribution in [0.5, 0.6) is 0 Å². The largest absolute Gasteiger partial charge is 0.465 e. The van der Waals surface area contributed by atoms with Crippen LogP contribution in [0.25, 0.3) is 0 Å². The van der Waals surface area contributed by atoms with Gasteiger partial charge in [0, 0.05) is 0 Å². The van der Waals surface area contributed by atoms with E-state index in [9.17, 15) is 4.79 Å². The fourth-order valence-corrected chi connectivity index (χ4v) is 2.26. The van der Waals surface area contributed by atoms with Gasteiger partial charge in [-0.1, -0.05) is 0 Å². The lowest BCUT2D eigenvalue weighted by Crippen LogP contribution is -2.34. The second-order valence-electron chi connectivity index (χ2n) is 2.82. The van der Waals surface area contributed by atoms with Gasteiger partial charge in [0.25, 0.3) is 0 Å². The lowest BCUT2D eigenvalue weighted by atomic mass is 10.1. The number of esters is 1. The van der Waals surface area contributed by atoms with Crippen molar-refractivity contribution in [3.05, 3.63) is 20.8 Å². The molecule has 0 bridgehead atoms. The first-order chi connectivity index (χ1) is 6.63. The summed E-state index contributed by atoms with van der Waals surface area (Å²) in [5, 5.41) is 1.98. The first kappa shape index (κ1) is 14.9. The van der Waals surface area contributed by atoms with Crippen molar-refractivity contribution in [2.24, 2.45) is 5.73 Å². The summed E-state index contributed by atoms with van der Waals surface area (Å²) in [6, 6.07) is 1.40. The van der Waals surface area contributed by atoms with Crippen LogP contribution in [0.3, 0.4) is 0 Å². The summed E-state index contributed by atoms with van der Waals surface area (Å²) >= 11 is 4.93. The summed E-state index contributed by atoms with van der Waals surface area (Å²) < 4.78 is 5.86. The van der Waals surface area contributed by atoms with Crippen molar-refractivity contribution in [3.8, 4) is 0 Å². The van der Waals surface area contributed by atoms with E-state index in [1.165, 1.54) is 0 Å². The van der Waals surface area contributed by atoms with E-state index in [1.807, 2.05) is 11.4 Å². The molecule has 0 saturated heterocycles. The van der Waals surface area contributed by atoms with Gasteiger partial charge in [-0.3, -0.25) is 4.79 Å². The van der Waals surface area contributed by atoms with Crippen molar-refractivity contribution in [2.45, 2.75) is 19.4 Å². The molecule has 0 aliphatic heterocycles. The van der Waals surface area contributed by atoms with Gasteiger partial charge in [0.1, 0.15) is 6.04 Å². The summed E-state index contributed by atoms with van der Waals surface area (Å²) in [4.78, 5) is 11.2. The SMILES string of the molecule is CCOC(=O)C(N)Cc1csc(Br)c1.Cl. The Bertz CT molecular complexity index is 319. The summed E-state index contributed by atoms with van der Waals surface area (Å²) in [6.45, 7) is 2.14. The Labute approximate surface area is 108 Å². The molecule has 0 aromatic carbocycles. The highest BCUT2D eigenvalue weighted by Crippen LogP contribution is 2.21. The highest BCUT2D eigenvalue weighted by Gasteiger charge is 2.15. The molecular weight excluding hydrogens is 302 g/mol. The van der Waals surface area contributed by atoms with Crippen molar-refractivity contribution in [3.63, 3.8) is 0 Å². The van der Waals surface area contributed by atoms with Gasteiger partial charge in [0.2, 0.25) is 0 Å². The van der Waals surface area contributed by atoms with Gasteiger partial charge in [-0.2, -0.15) is 0 Å². The Morgan fingerprint density at radius 3 is 2.87 bits per heavy atom. The van der Waals surface area contributed by atoms with E-state index in [1.54, 1.807) is 18.3 Å². The highest BCUT2D eigenvalue weighted by molar-refractivity contribution is 9.11. The molecule has 6 heteroatoms. The van der Waals surface area contributed by atoms with Crippen molar-refractivity contribution in [1.29, 1.82) is 0 Å². The molecule has 1 atom stereocenters. The van der Waals surface area contributed by atoms with Gasteiger partial charge in [-0.05, 0) is 46.3 Å². The molecule has 1 aromatic rings. The Hall–Kier alpha value is -0.100.